The lowest BCUT2D eigenvalue weighted by Gasteiger charge is -2.31. The van der Waals surface area contributed by atoms with Gasteiger partial charge < -0.3 is 10.2 Å². The van der Waals surface area contributed by atoms with Gasteiger partial charge in [0.05, 0.1) is 5.75 Å². The first-order chi connectivity index (χ1) is 16.0. The number of nitrogens with one attached hydrogen (secondary N) is 1. The maximum absolute atomic E-state index is 13.4. The van der Waals surface area contributed by atoms with Gasteiger partial charge in [-0.2, -0.15) is 0 Å². The highest BCUT2D eigenvalue weighted by molar-refractivity contribution is 7.99. The third kappa shape index (κ3) is 7.19. The Balaban J connectivity index is 1.81. The van der Waals surface area contributed by atoms with Crippen LogP contribution in [-0.4, -0.2) is 35.6 Å². The van der Waals surface area contributed by atoms with E-state index in [1.54, 1.807) is 24.1 Å². The summed E-state index contributed by atoms with van der Waals surface area (Å²) in [4.78, 5) is 28.0. The molecule has 3 aromatic rings. The second kappa shape index (κ2) is 12.2. The molecule has 0 aliphatic carbocycles. The normalized spacial score (nSPS) is 11.6. The molecule has 0 radical (unpaired) electrons. The van der Waals surface area contributed by atoms with E-state index >= 15 is 0 Å². The number of halogens is 1. The molecule has 0 fully saturated rings. The Morgan fingerprint density at radius 1 is 0.939 bits per heavy atom. The molecule has 2 amide bonds. The molecule has 1 unspecified atom stereocenters. The second-order valence-electron chi connectivity index (χ2n) is 7.89. The van der Waals surface area contributed by atoms with Crippen molar-refractivity contribution in [1.82, 2.24) is 10.2 Å². The highest BCUT2D eigenvalue weighted by atomic mass is 32.2. The van der Waals surface area contributed by atoms with Crippen LogP contribution in [0.4, 0.5) is 4.39 Å². The van der Waals surface area contributed by atoms with Crippen LogP contribution in [0.2, 0.25) is 0 Å². The number of thioether (sulfide) groups is 1. The van der Waals surface area contributed by atoms with Crippen molar-refractivity contribution in [3.8, 4) is 0 Å². The topological polar surface area (TPSA) is 49.4 Å². The maximum atomic E-state index is 13.4. The Kier molecular flexibility index (Phi) is 9.07. The van der Waals surface area contributed by atoms with E-state index in [9.17, 15) is 14.0 Å². The van der Waals surface area contributed by atoms with E-state index in [1.807, 2.05) is 61.5 Å². The molecule has 0 heterocycles. The third-order valence-electron chi connectivity index (χ3n) is 5.53. The molecule has 3 aromatic carbocycles. The SMILES string of the molecule is CNC(=O)C(Cc1ccccc1)N(Cc1ccccc1C)C(=O)CSCc1ccc(F)cc1. The number of carbonyl (C=O) groups is 2. The van der Waals surface area contributed by atoms with E-state index in [4.69, 9.17) is 0 Å². The number of likely N-dealkylation sites (N-methyl/N-ethyl adjacent to an activating group) is 1. The Bertz CT molecular complexity index is 1060. The van der Waals surface area contributed by atoms with Crippen LogP contribution in [0.25, 0.3) is 0 Å². The van der Waals surface area contributed by atoms with Crippen molar-refractivity contribution in [2.75, 3.05) is 12.8 Å². The molecular formula is C27H29FN2O2S. The van der Waals surface area contributed by atoms with Crippen molar-refractivity contribution in [1.29, 1.82) is 0 Å². The highest BCUT2D eigenvalue weighted by Crippen LogP contribution is 2.20. The molecule has 4 nitrogen and oxygen atoms in total. The number of rotatable bonds is 10. The standard InChI is InChI=1S/C27H29FN2O2S/c1-20-8-6-7-11-23(20)17-30(25(27(32)29-2)16-21-9-4-3-5-10-21)26(31)19-33-18-22-12-14-24(28)15-13-22/h3-15,25H,16-19H2,1-2H3,(H,29,32). The fraction of sp³-hybridized carbons (Fsp3) is 0.259. The van der Waals surface area contributed by atoms with E-state index in [0.29, 0.717) is 18.7 Å². The number of aryl methyl sites for hydroxylation is 1. The molecule has 0 saturated carbocycles. The molecule has 6 heteroatoms. The first-order valence-electron chi connectivity index (χ1n) is 10.9. The van der Waals surface area contributed by atoms with Gasteiger partial charge in [0.2, 0.25) is 11.8 Å². The molecule has 33 heavy (non-hydrogen) atoms. The molecule has 1 N–H and O–H groups in total. The zero-order valence-corrected chi connectivity index (χ0v) is 19.8. The van der Waals surface area contributed by atoms with Crippen LogP contribution in [0.5, 0.6) is 0 Å². The minimum Gasteiger partial charge on any atom is -0.357 e. The summed E-state index contributed by atoms with van der Waals surface area (Å²) in [5, 5.41) is 2.73. The summed E-state index contributed by atoms with van der Waals surface area (Å²) >= 11 is 1.46. The zero-order valence-electron chi connectivity index (χ0n) is 19.0. The van der Waals surface area contributed by atoms with Crippen LogP contribution in [0, 0.1) is 12.7 Å². The van der Waals surface area contributed by atoms with Gasteiger partial charge in [-0.3, -0.25) is 9.59 Å². The van der Waals surface area contributed by atoms with E-state index in [0.717, 1.165) is 22.3 Å². The van der Waals surface area contributed by atoms with Crippen molar-refractivity contribution in [3.63, 3.8) is 0 Å². The van der Waals surface area contributed by atoms with Crippen LogP contribution >= 0.6 is 11.8 Å². The molecule has 172 valence electrons. The third-order valence-corrected chi connectivity index (χ3v) is 6.52. The van der Waals surface area contributed by atoms with Gasteiger partial charge >= 0.3 is 0 Å². The summed E-state index contributed by atoms with van der Waals surface area (Å²) < 4.78 is 13.2. The Labute approximate surface area is 199 Å². The summed E-state index contributed by atoms with van der Waals surface area (Å²) in [6, 6.07) is 23.3. The van der Waals surface area contributed by atoms with Gasteiger partial charge in [0.15, 0.2) is 0 Å². The lowest BCUT2D eigenvalue weighted by Crippen LogP contribution is -2.50. The number of carbonyl (C=O) groups excluding carboxylic acids is 2. The van der Waals surface area contributed by atoms with Crippen molar-refractivity contribution < 1.29 is 14.0 Å². The number of amides is 2. The quantitative estimate of drug-likeness (QED) is 0.471. The zero-order chi connectivity index (χ0) is 23.6. The van der Waals surface area contributed by atoms with Crippen molar-refractivity contribution in [2.24, 2.45) is 0 Å². The first kappa shape index (κ1) is 24.5. The molecular weight excluding hydrogens is 435 g/mol. The molecule has 0 bridgehead atoms. The van der Waals surface area contributed by atoms with Crippen molar-refractivity contribution >= 4 is 23.6 Å². The van der Waals surface area contributed by atoms with Gasteiger partial charge in [0.25, 0.3) is 0 Å². The van der Waals surface area contributed by atoms with Crippen LogP contribution in [0.15, 0.2) is 78.9 Å². The number of hydrogen-bond acceptors (Lipinski definition) is 3. The Morgan fingerprint density at radius 3 is 2.27 bits per heavy atom. The predicted molar refractivity (Wildman–Crippen MR) is 132 cm³/mol. The molecule has 0 aromatic heterocycles. The number of benzene rings is 3. The molecule has 0 saturated heterocycles. The smallest absolute Gasteiger partial charge is 0.242 e. The molecule has 0 aliphatic heterocycles. The summed E-state index contributed by atoms with van der Waals surface area (Å²) in [5.41, 5.74) is 4.03. The van der Waals surface area contributed by atoms with E-state index in [-0.39, 0.29) is 23.4 Å². The van der Waals surface area contributed by atoms with E-state index in [1.165, 1.54) is 23.9 Å². The summed E-state index contributed by atoms with van der Waals surface area (Å²) in [6.07, 6.45) is 0.431. The van der Waals surface area contributed by atoms with Crippen molar-refractivity contribution in [2.45, 2.75) is 31.7 Å². The largest absolute Gasteiger partial charge is 0.357 e. The van der Waals surface area contributed by atoms with Gasteiger partial charge in [-0.15, -0.1) is 11.8 Å². The summed E-state index contributed by atoms with van der Waals surface area (Å²) in [7, 11) is 1.60. The molecule has 0 aliphatic rings. The number of hydrogen-bond donors (Lipinski definition) is 1. The lowest BCUT2D eigenvalue weighted by molar-refractivity contribution is -0.139. The fourth-order valence-electron chi connectivity index (χ4n) is 3.61. The second-order valence-corrected chi connectivity index (χ2v) is 8.87. The maximum Gasteiger partial charge on any atom is 0.242 e. The Morgan fingerprint density at radius 2 is 1.61 bits per heavy atom. The van der Waals surface area contributed by atoms with Crippen LogP contribution in [-0.2, 0) is 28.3 Å². The molecule has 1 atom stereocenters. The fourth-order valence-corrected chi connectivity index (χ4v) is 4.48. The van der Waals surface area contributed by atoms with Crippen LogP contribution < -0.4 is 5.32 Å². The van der Waals surface area contributed by atoms with Crippen molar-refractivity contribution in [3.05, 3.63) is 107 Å². The van der Waals surface area contributed by atoms with Gasteiger partial charge in [0.1, 0.15) is 11.9 Å². The van der Waals surface area contributed by atoms with Crippen LogP contribution in [0.1, 0.15) is 22.3 Å². The minimum absolute atomic E-state index is 0.102. The average molecular weight is 465 g/mol. The first-order valence-corrected chi connectivity index (χ1v) is 12.0. The number of nitrogens with zero attached hydrogens (tertiary/aromatic N) is 1. The summed E-state index contributed by atoms with van der Waals surface area (Å²) in [5.74, 6) is 0.247. The van der Waals surface area contributed by atoms with E-state index < -0.39 is 6.04 Å². The minimum atomic E-state index is -0.629. The molecule has 0 spiro atoms. The predicted octanol–water partition coefficient (Wildman–Crippen LogP) is 4.75. The summed E-state index contributed by atoms with van der Waals surface area (Å²) in [6.45, 7) is 2.36. The van der Waals surface area contributed by atoms with E-state index in [2.05, 4.69) is 5.32 Å². The van der Waals surface area contributed by atoms with Gasteiger partial charge in [-0.05, 0) is 41.3 Å². The Hall–Kier alpha value is -3.12. The monoisotopic (exact) mass is 464 g/mol. The van der Waals surface area contributed by atoms with Crippen LogP contribution in [0.3, 0.4) is 0 Å². The average Bonchev–Trinajstić information content (AvgIpc) is 2.83. The lowest BCUT2D eigenvalue weighted by atomic mass is 10.0. The van der Waals surface area contributed by atoms with Gasteiger partial charge in [-0.1, -0.05) is 66.7 Å². The van der Waals surface area contributed by atoms with Gasteiger partial charge in [-0.25, -0.2) is 4.39 Å². The molecule has 3 rings (SSSR count). The highest BCUT2D eigenvalue weighted by Gasteiger charge is 2.29. The van der Waals surface area contributed by atoms with Gasteiger partial charge in [0, 0.05) is 25.8 Å².